The van der Waals surface area contributed by atoms with Crippen LogP contribution in [0.15, 0.2) is 29.0 Å². The van der Waals surface area contributed by atoms with E-state index in [1.807, 2.05) is 20.2 Å². The van der Waals surface area contributed by atoms with Gasteiger partial charge in [0.15, 0.2) is 5.76 Å². The van der Waals surface area contributed by atoms with Crippen LogP contribution in [0.3, 0.4) is 0 Å². The first-order chi connectivity index (χ1) is 8.20. The lowest BCUT2D eigenvalue weighted by atomic mass is 10.2. The largest absolute Gasteiger partial charge is 0.459 e. The number of aromatic nitrogens is 2. The zero-order chi connectivity index (χ0) is 12.3. The molecule has 0 aliphatic rings. The maximum absolute atomic E-state index is 11.7. The molecule has 0 saturated carbocycles. The van der Waals surface area contributed by atoms with Crippen LogP contribution in [0.5, 0.6) is 0 Å². The van der Waals surface area contributed by atoms with Gasteiger partial charge in [0.25, 0.3) is 5.91 Å². The minimum atomic E-state index is -0.207. The van der Waals surface area contributed by atoms with Crippen LogP contribution in [-0.2, 0) is 20.0 Å². The van der Waals surface area contributed by atoms with Crippen molar-refractivity contribution in [3.05, 3.63) is 41.6 Å². The van der Waals surface area contributed by atoms with Gasteiger partial charge in [0.2, 0.25) is 0 Å². The Kier molecular flexibility index (Phi) is 3.27. The molecule has 17 heavy (non-hydrogen) atoms. The van der Waals surface area contributed by atoms with Gasteiger partial charge in [-0.3, -0.25) is 9.48 Å². The molecule has 2 heterocycles. The van der Waals surface area contributed by atoms with Gasteiger partial charge in [-0.15, -0.1) is 0 Å². The molecule has 0 radical (unpaired) electrons. The van der Waals surface area contributed by atoms with Crippen LogP contribution in [0.25, 0.3) is 0 Å². The normalized spacial score (nSPS) is 10.5. The van der Waals surface area contributed by atoms with Crippen molar-refractivity contribution in [1.82, 2.24) is 15.1 Å². The minimum absolute atomic E-state index is 0.207. The lowest BCUT2D eigenvalue weighted by molar-refractivity contribution is 0.0923. The van der Waals surface area contributed by atoms with Gasteiger partial charge < -0.3 is 9.73 Å². The second kappa shape index (κ2) is 4.86. The Labute approximate surface area is 99.4 Å². The van der Waals surface area contributed by atoms with Crippen LogP contribution in [0.1, 0.15) is 28.7 Å². The third kappa shape index (κ3) is 2.55. The number of amides is 1. The third-order valence-electron chi connectivity index (χ3n) is 2.51. The van der Waals surface area contributed by atoms with E-state index >= 15 is 0 Å². The molecule has 0 fully saturated rings. The topological polar surface area (TPSA) is 60.1 Å². The van der Waals surface area contributed by atoms with Crippen molar-refractivity contribution in [2.75, 3.05) is 0 Å². The van der Waals surface area contributed by atoms with Crippen LogP contribution >= 0.6 is 0 Å². The van der Waals surface area contributed by atoms with Gasteiger partial charge in [-0.25, -0.2) is 0 Å². The first-order valence-electron chi connectivity index (χ1n) is 5.53. The predicted molar refractivity (Wildman–Crippen MR) is 62.5 cm³/mol. The van der Waals surface area contributed by atoms with Crippen LogP contribution in [0, 0.1) is 0 Å². The Bertz CT molecular complexity index is 500. The van der Waals surface area contributed by atoms with E-state index < -0.39 is 0 Å². The van der Waals surface area contributed by atoms with E-state index in [1.165, 1.54) is 6.26 Å². The van der Waals surface area contributed by atoms with Crippen molar-refractivity contribution in [3.63, 3.8) is 0 Å². The average Bonchev–Trinajstić information content (AvgIpc) is 2.94. The molecule has 2 rings (SSSR count). The number of hydrogen-bond donors (Lipinski definition) is 1. The lowest BCUT2D eigenvalue weighted by Gasteiger charge is -2.02. The Balaban J connectivity index is 2.00. The zero-order valence-electron chi connectivity index (χ0n) is 9.93. The van der Waals surface area contributed by atoms with Gasteiger partial charge in [-0.1, -0.05) is 6.92 Å². The fraction of sp³-hybridized carbons (Fsp3) is 0.333. The number of carbonyl (C=O) groups is 1. The Morgan fingerprint density at radius 1 is 1.59 bits per heavy atom. The average molecular weight is 233 g/mol. The molecular weight excluding hydrogens is 218 g/mol. The quantitative estimate of drug-likeness (QED) is 0.870. The van der Waals surface area contributed by atoms with Crippen molar-refractivity contribution in [2.45, 2.75) is 19.9 Å². The second-order valence-corrected chi connectivity index (χ2v) is 3.79. The number of carbonyl (C=O) groups excluding carboxylic acids is 1. The molecule has 1 amide bonds. The highest BCUT2D eigenvalue weighted by atomic mass is 16.3. The molecule has 1 N–H and O–H groups in total. The summed E-state index contributed by atoms with van der Waals surface area (Å²) in [5, 5.41) is 7.12. The maximum atomic E-state index is 11.7. The van der Waals surface area contributed by atoms with Gasteiger partial charge in [0.05, 0.1) is 12.0 Å². The van der Waals surface area contributed by atoms with E-state index in [-0.39, 0.29) is 5.91 Å². The summed E-state index contributed by atoms with van der Waals surface area (Å²) in [6, 6.07) is 3.33. The molecule has 2 aromatic heterocycles. The molecular formula is C12H15N3O2. The number of hydrogen-bond acceptors (Lipinski definition) is 3. The molecule has 0 atom stereocenters. The highest BCUT2D eigenvalue weighted by Crippen LogP contribution is 2.07. The van der Waals surface area contributed by atoms with Crippen LogP contribution in [0.4, 0.5) is 0 Å². The lowest BCUT2D eigenvalue weighted by Crippen LogP contribution is -2.22. The molecule has 90 valence electrons. The summed E-state index contributed by atoms with van der Waals surface area (Å²) in [4.78, 5) is 11.7. The standard InChI is InChI=1S/C12H15N3O2/c1-3-10-9(8-15(2)14-10)7-13-12(16)11-5-4-6-17-11/h4-6,8H,3,7H2,1-2H3,(H,13,16). The molecule has 2 aromatic rings. The fourth-order valence-corrected chi connectivity index (χ4v) is 1.70. The van der Waals surface area contributed by atoms with Gasteiger partial charge >= 0.3 is 0 Å². The molecule has 0 aliphatic carbocycles. The van der Waals surface area contributed by atoms with E-state index in [4.69, 9.17) is 4.42 Å². The number of nitrogens with one attached hydrogen (secondary N) is 1. The van der Waals surface area contributed by atoms with Crippen molar-refractivity contribution in [1.29, 1.82) is 0 Å². The van der Waals surface area contributed by atoms with Crippen LogP contribution < -0.4 is 5.32 Å². The van der Waals surface area contributed by atoms with Gasteiger partial charge in [0, 0.05) is 25.4 Å². The van der Waals surface area contributed by atoms with Gasteiger partial charge in [0.1, 0.15) is 0 Å². The molecule has 0 saturated heterocycles. The Hall–Kier alpha value is -2.04. The summed E-state index contributed by atoms with van der Waals surface area (Å²) in [6.45, 7) is 2.51. The van der Waals surface area contributed by atoms with Crippen LogP contribution in [0.2, 0.25) is 0 Å². The monoisotopic (exact) mass is 233 g/mol. The number of aryl methyl sites for hydroxylation is 2. The molecule has 5 nitrogen and oxygen atoms in total. The Morgan fingerprint density at radius 2 is 2.41 bits per heavy atom. The van der Waals surface area contributed by atoms with Crippen molar-refractivity contribution in [3.8, 4) is 0 Å². The summed E-state index contributed by atoms with van der Waals surface area (Å²) in [6.07, 6.45) is 4.25. The van der Waals surface area contributed by atoms with E-state index in [0.29, 0.717) is 12.3 Å². The Morgan fingerprint density at radius 3 is 3.06 bits per heavy atom. The van der Waals surface area contributed by atoms with Gasteiger partial charge in [-0.05, 0) is 18.6 Å². The van der Waals surface area contributed by atoms with Crippen molar-refractivity contribution < 1.29 is 9.21 Å². The maximum Gasteiger partial charge on any atom is 0.287 e. The second-order valence-electron chi connectivity index (χ2n) is 3.79. The highest BCUT2D eigenvalue weighted by Gasteiger charge is 2.10. The SMILES string of the molecule is CCc1nn(C)cc1CNC(=O)c1ccco1. The van der Waals surface area contributed by atoms with E-state index in [2.05, 4.69) is 10.4 Å². The summed E-state index contributed by atoms with van der Waals surface area (Å²) in [5.41, 5.74) is 2.04. The molecule has 0 aliphatic heterocycles. The molecule has 0 spiro atoms. The summed E-state index contributed by atoms with van der Waals surface area (Å²) < 4.78 is 6.77. The first-order valence-corrected chi connectivity index (χ1v) is 5.53. The van der Waals surface area contributed by atoms with Crippen molar-refractivity contribution in [2.24, 2.45) is 7.05 Å². The summed E-state index contributed by atoms with van der Waals surface area (Å²) in [5.74, 6) is 0.118. The molecule has 0 bridgehead atoms. The smallest absolute Gasteiger partial charge is 0.287 e. The fourth-order valence-electron chi connectivity index (χ4n) is 1.70. The minimum Gasteiger partial charge on any atom is -0.459 e. The summed E-state index contributed by atoms with van der Waals surface area (Å²) in [7, 11) is 1.87. The van der Waals surface area contributed by atoms with Gasteiger partial charge in [-0.2, -0.15) is 5.10 Å². The molecule has 5 heteroatoms. The van der Waals surface area contributed by atoms with E-state index in [0.717, 1.165) is 17.7 Å². The number of rotatable bonds is 4. The van der Waals surface area contributed by atoms with E-state index in [9.17, 15) is 4.79 Å². The van der Waals surface area contributed by atoms with Crippen LogP contribution in [-0.4, -0.2) is 15.7 Å². The van der Waals surface area contributed by atoms with Crippen molar-refractivity contribution >= 4 is 5.91 Å². The summed E-state index contributed by atoms with van der Waals surface area (Å²) >= 11 is 0. The first kappa shape index (κ1) is 11.4. The van der Waals surface area contributed by atoms with E-state index in [1.54, 1.807) is 16.8 Å². The highest BCUT2D eigenvalue weighted by molar-refractivity contribution is 5.91. The molecule has 0 aromatic carbocycles. The predicted octanol–water partition coefficient (Wildman–Crippen LogP) is 1.51. The zero-order valence-corrected chi connectivity index (χ0v) is 9.93. The third-order valence-corrected chi connectivity index (χ3v) is 2.51. The molecule has 0 unspecified atom stereocenters. The number of nitrogens with zero attached hydrogens (tertiary/aromatic N) is 2. The number of furan rings is 1.